The normalized spacial score (nSPS) is 11.1. The number of aromatic nitrogens is 4. The predicted octanol–water partition coefficient (Wildman–Crippen LogP) is 2.76. The molecule has 2 heterocycles. The molecule has 28 heavy (non-hydrogen) atoms. The van der Waals surface area contributed by atoms with E-state index in [4.69, 9.17) is 4.74 Å². The van der Waals surface area contributed by atoms with Crippen molar-refractivity contribution in [3.05, 3.63) is 66.4 Å². The third-order valence-electron chi connectivity index (χ3n) is 4.01. The highest BCUT2D eigenvalue weighted by Gasteiger charge is 2.17. The second-order valence-electron chi connectivity index (χ2n) is 7.17. The number of nitrogens with zero attached hydrogens (tertiary/aromatic N) is 4. The second-order valence-corrected chi connectivity index (χ2v) is 7.17. The fourth-order valence-electron chi connectivity index (χ4n) is 2.52. The molecule has 8 nitrogen and oxygen atoms in total. The minimum atomic E-state index is -0.670. The van der Waals surface area contributed by atoms with Crippen LogP contribution in [0.25, 0.3) is 5.82 Å². The van der Waals surface area contributed by atoms with Crippen LogP contribution in [0.3, 0.4) is 0 Å². The largest absolute Gasteiger partial charge is 0.452 e. The van der Waals surface area contributed by atoms with Gasteiger partial charge in [0, 0.05) is 11.9 Å². The first-order chi connectivity index (χ1) is 13.3. The van der Waals surface area contributed by atoms with E-state index in [1.807, 2.05) is 24.3 Å². The number of rotatable bonds is 5. The molecule has 0 unspecified atom stereocenters. The van der Waals surface area contributed by atoms with Crippen LogP contribution in [0, 0.1) is 0 Å². The van der Waals surface area contributed by atoms with Gasteiger partial charge in [-0.05, 0) is 35.2 Å². The molecule has 0 saturated carbocycles. The summed E-state index contributed by atoms with van der Waals surface area (Å²) < 4.78 is 6.48. The van der Waals surface area contributed by atoms with Gasteiger partial charge in [0.25, 0.3) is 5.91 Å². The Balaban J connectivity index is 1.60. The molecule has 0 spiro atoms. The maximum atomic E-state index is 12.4. The SMILES string of the molecule is CC(C)(C)c1ccc(NC(=O)COC(=O)c2cccnc2-n2cncn2)cc1. The third-order valence-corrected chi connectivity index (χ3v) is 4.01. The smallest absolute Gasteiger partial charge is 0.342 e. The van der Waals surface area contributed by atoms with Crippen molar-refractivity contribution in [2.45, 2.75) is 26.2 Å². The number of hydrogen-bond donors (Lipinski definition) is 1. The van der Waals surface area contributed by atoms with E-state index in [0.717, 1.165) is 5.56 Å². The van der Waals surface area contributed by atoms with Crippen molar-refractivity contribution in [2.24, 2.45) is 0 Å². The van der Waals surface area contributed by atoms with Crippen molar-refractivity contribution in [1.29, 1.82) is 0 Å². The summed E-state index contributed by atoms with van der Waals surface area (Å²) in [6.07, 6.45) is 4.29. The summed E-state index contributed by atoms with van der Waals surface area (Å²) in [5.74, 6) is -0.817. The van der Waals surface area contributed by atoms with Gasteiger partial charge in [-0.25, -0.2) is 19.4 Å². The molecule has 0 aliphatic carbocycles. The van der Waals surface area contributed by atoms with Gasteiger partial charge < -0.3 is 10.1 Å². The number of carbonyl (C=O) groups is 2. The summed E-state index contributed by atoms with van der Waals surface area (Å²) >= 11 is 0. The van der Waals surface area contributed by atoms with Crippen molar-refractivity contribution in [3.8, 4) is 5.82 Å². The Labute approximate surface area is 162 Å². The Kier molecular flexibility index (Phi) is 5.49. The number of amides is 1. The summed E-state index contributed by atoms with van der Waals surface area (Å²) in [5.41, 5.74) is 2.02. The molecule has 3 aromatic rings. The Hall–Kier alpha value is -3.55. The first kappa shape index (κ1) is 19.2. The highest BCUT2D eigenvalue weighted by molar-refractivity contribution is 5.96. The van der Waals surface area contributed by atoms with Gasteiger partial charge in [-0.3, -0.25) is 4.79 Å². The van der Waals surface area contributed by atoms with Crippen molar-refractivity contribution in [1.82, 2.24) is 19.7 Å². The van der Waals surface area contributed by atoms with Crippen LogP contribution in [0.4, 0.5) is 5.69 Å². The lowest BCUT2D eigenvalue weighted by Crippen LogP contribution is -2.22. The quantitative estimate of drug-likeness (QED) is 0.685. The first-order valence-electron chi connectivity index (χ1n) is 8.72. The fourth-order valence-corrected chi connectivity index (χ4v) is 2.52. The van der Waals surface area contributed by atoms with E-state index in [1.165, 1.54) is 23.5 Å². The van der Waals surface area contributed by atoms with Gasteiger partial charge in [-0.1, -0.05) is 32.9 Å². The fraction of sp³-hybridized carbons (Fsp3) is 0.250. The molecule has 1 aromatic carbocycles. The van der Waals surface area contributed by atoms with E-state index in [0.29, 0.717) is 5.69 Å². The number of esters is 1. The number of anilines is 1. The molecule has 144 valence electrons. The van der Waals surface area contributed by atoms with Crippen LogP contribution in [0.15, 0.2) is 55.2 Å². The summed E-state index contributed by atoms with van der Waals surface area (Å²) in [4.78, 5) is 32.4. The van der Waals surface area contributed by atoms with E-state index in [2.05, 4.69) is 41.2 Å². The number of pyridine rings is 1. The van der Waals surface area contributed by atoms with Crippen molar-refractivity contribution >= 4 is 17.6 Å². The van der Waals surface area contributed by atoms with Crippen LogP contribution >= 0.6 is 0 Å². The van der Waals surface area contributed by atoms with E-state index in [1.54, 1.807) is 12.1 Å². The third kappa shape index (κ3) is 4.59. The van der Waals surface area contributed by atoms with E-state index in [-0.39, 0.29) is 16.8 Å². The molecule has 0 aliphatic heterocycles. The van der Waals surface area contributed by atoms with E-state index in [9.17, 15) is 9.59 Å². The van der Waals surface area contributed by atoms with Gasteiger partial charge in [0.1, 0.15) is 18.2 Å². The maximum Gasteiger partial charge on any atom is 0.342 e. The highest BCUT2D eigenvalue weighted by atomic mass is 16.5. The number of hydrogen-bond acceptors (Lipinski definition) is 6. The average Bonchev–Trinajstić information content (AvgIpc) is 3.20. The number of nitrogens with one attached hydrogen (secondary N) is 1. The lowest BCUT2D eigenvalue weighted by molar-refractivity contribution is -0.119. The number of carbonyl (C=O) groups excluding carboxylic acids is 2. The van der Waals surface area contributed by atoms with Gasteiger partial charge >= 0.3 is 5.97 Å². The Morgan fingerprint density at radius 1 is 1.14 bits per heavy atom. The molecule has 1 amide bonds. The van der Waals surface area contributed by atoms with Gasteiger partial charge in [0.15, 0.2) is 12.4 Å². The second kappa shape index (κ2) is 7.99. The van der Waals surface area contributed by atoms with Crippen LogP contribution in [0.2, 0.25) is 0 Å². The van der Waals surface area contributed by atoms with Crippen molar-refractivity contribution < 1.29 is 14.3 Å². The van der Waals surface area contributed by atoms with Crippen LogP contribution in [-0.2, 0) is 14.9 Å². The molecular formula is C20H21N5O3. The van der Waals surface area contributed by atoms with Gasteiger partial charge in [-0.2, -0.15) is 5.10 Å². The van der Waals surface area contributed by atoms with E-state index < -0.39 is 18.5 Å². The van der Waals surface area contributed by atoms with Crippen LogP contribution in [-0.4, -0.2) is 38.2 Å². The van der Waals surface area contributed by atoms with Crippen molar-refractivity contribution in [2.75, 3.05) is 11.9 Å². The maximum absolute atomic E-state index is 12.4. The molecule has 3 rings (SSSR count). The number of ether oxygens (including phenoxy) is 1. The molecule has 2 aromatic heterocycles. The number of benzene rings is 1. The summed E-state index contributed by atoms with van der Waals surface area (Å²) in [6.45, 7) is 5.94. The zero-order valence-corrected chi connectivity index (χ0v) is 15.9. The zero-order chi connectivity index (χ0) is 20.1. The summed E-state index contributed by atoms with van der Waals surface area (Å²) in [5, 5.41) is 6.67. The molecular weight excluding hydrogens is 358 g/mol. The van der Waals surface area contributed by atoms with Gasteiger partial charge in [0.2, 0.25) is 0 Å². The zero-order valence-electron chi connectivity index (χ0n) is 15.9. The summed E-state index contributed by atoms with van der Waals surface area (Å²) in [6, 6.07) is 10.7. The van der Waals surface area contributed by atoms with Crippen LogP contribution in [0.5, 0.6) is 0 Å². The lowest BCUT2D eigenvalue weighted by atomic mass is 9.87. The minimum Gasteiger partial charge on any atom is -0.452 e. The Morgan fingerprint density at radius 2 is 1.89 bits per heavy atom. The molecule has 0 saturated heterocycles. The minimum absolute atomic E-state index is 0.0313. The Morgan fingerprint density at radius 3 is 2.54 bits per heavy atom. The molecule has 0 atom stereocenters. The molecule has 0 bridgehead atoms. The first-order valence-corrected chi connectivity index (χ1v) is 8.72. The van der Waals surface area contributed by atoms with Gasteiger partial charge in [-0.15, -0.1) is 0 Å². The topological polar surface area (TPSA) is 99.0 Å². The molecule has 1 N–H and O–H groups in total. The molecule has 8 heteroatoms. The molecule has 0 aliphatic rings. The monoisotopic (exact) mass is 379 g/mol. The summed E-state index contributed by atoms with van der Waals surface area (Å²) in [7, 11) is 0. The standard InChI is InChI=1S/C20H21N5O3/c1-20(2,3)14-6-8-15(9-7-14)24-17(26)11-28-19(27)16-5-4-10-22-18(16)25-13-21-12-23-25/h4-10,12-13H,11H2,1-3H3,(H,24,26). The van der Waals surface area contributed by atoms with Crippen molar-refractivity contribution in [3.63, 3.8) is 0 Å². The Bertz CT molecular complexity index is 960. The molecule has 0 fully saturated rings. The van der Waals surface area contributed by atoms with E-state index >= 15 is 0 Å². The highest BCUT2D eigenvalue weighted by Crippen LogP contribution is 2.23. The van der Waals surface area contributed by atoms with Crippen LogP contribution < -0.4 is 5.32 Å². The molecule has 0 radical (unpaired) electrons. The average molecular weight is 379 g/mol. The predicted molar refractivity (Wildman–Crippen MR) is 103 cm³/mol. The lowest BCUT2D eigenvalue weighted by Gasteiger charge is -2.19. The van der Waals surface area contributed by atoms with Gasteiger partial charge in [0.05, 0.1) is 0 Å². The van der Waals surface area contributed by atoms with Crippen LogP contribution in [0.1, 0.15) is 36.7 Å².